The molecule has 3 N–H and O–H groups in total. The minimum atomic E-state index is 0.152. The Kier molecular flexibility index (Phi) is 2.44. The van der Waals surface area contributed by atoms with E-state index in [-0.39, 0.29) is 11.6 Å². The molecule has 0 bridgehead atoms. The number of hydrogen-bond acceptors (Lipinski definition) is 5. The maximum absolute atomic E-state index is 9.74. The Morgan fingerprint density at radius 3 is 2.62 bits per heavy atom. The number of phenolic OH excluding ortho intramolecular Hbond substituents is 1. The number of nitrogens with zero attached hydrogens (tertiary/aromatic N) is 2. The largest absolute Gasteiger partial charge is 0.507 e. The molecule has 0 aliphatic carbocycles. The molecule has 0 aliphatic heterocycles. The zero-order valence-corrected chi connectivity index (χ0v) is 9.14. The van der Waals surface area contributed by atoms with Gasteiger partial charge < -0.3 is 20.3 Å². The second kappa shape index (κ2) is 3.77. The van der Waals surface area contributed by atoms with Crippen LogP contribution in [0.25, 0.3) is 11.3 Å². The van der Waals surface area contributed by atoms with E-state index in [0.29, 0.717) is 11.3 Å². The molecule has 0 atom stereocenters. The van der Waals surface area contributed by atoms with Crippen molar-refractivity contribution in [3.63, 3.8) is 0 Å². The molecular weight excluding hydrogens is 206 g/mol. The monoisotopic (exact) mass is 219 g/mol. The van der Waals surface area contributed by atoms with Crippen LogP contribution >= 0.6 is 0 Å². The van der Waals surface area contributed by atoms with Gasteiger partial charge in [-0.25, -0.2) is 0 Å². The van der Waals surface area contributed by atoms with Crippen LogP contribution in [0.4, 0.5) is 11.6 Å². The van der Waals surface area contributed by atoms with Gasteiger partial charge in [0.15, 0.2) is 0 Å². The van der Waals surface area contributed by atoms with Crippen molar-refractivity contribution in [2.45, 2.75) is 0 Å². The number of anilines is 2. The van der Waals surface area contributed by atoms with Crippen LogP contribution in [0.2, 0.25) is 0 Å². The molecule has 1 aromatic carbocycles. The Morgan fingerprint density at radius 2 is 2.06 bits per heavy atom. The van der Waals surface area contributed by atoms with E-state index in [0.717, 1.165) is 5.69 Å². The van der Waals surface area contributed by atoms with Gasteiger partial charge in [0.05, 0.1) is 0 Å². The van der Waals surface area contributed by atoms with Crippen LogP contribution in [0.3, 0.4) is 0 Å². The number of rotatable bonds is 2. The van der Waals surface area contributed by atoms with Crippen LogP contribution in [-0.4, -0.2) is 24.4 Å². The molecule has 0 saturated carbocycles. The molecular formula is C11H13N3O2. The zero-order chi connectivity index (χ0) is 11.7. The molecule has 5 heteroatoms. The Bertz CT molecular complexity index is 506. The molecule has 0 aliphatic rings. The summed E-state index contributed by atoms with van der Waals surface area (Å²) in [5.74, 6) is 0.378. The highest BCUT2D eigenvalue weighted by Crippen LogP contribution is 2.32. The molecule has 0 amide bonds. The summed E-state index contributed by atoms with van der Waals surface area (Å²) >= 11 is 0. The average molecular weight is 219 g/mol. The Labute approximate surface area is 93.1 Å². The highest BCUT2D eigenvalue weighted by Gasteiger charge is 2.10. The molecule has 16 heavy (non-hydrogen) atoms. The van der Waals surface area contributed by atoms with Crippen LogP contribution in [0.5, 0.6) is 5.75 Å². The number of benzene rings is 1. The first kappa shape index (κ1) is 10.4. The summed E-state index contributed by atoms with van der Waals surface area (Å²) in [6, 6.07) is 6.85. The highest BCUT2D eigenvalue weighted by molar-refractivity contribution is 5.72. The molecule has 0 radical (unpaired) electrons. The number of phenols is 1. The first-order chi connectivity index (χ1) is 7.58. The summed E-state index contributed by atoms with van der Waals surface area (Å²) in [6.07, 6.45) is 0. The van der Waals surface area contributed by atoms with Crippen LogP contribution in [0.1, 0.15) is 0 Å². The fraction of sp³-hybridized carbons (Fsp3) is 0.182. The van der Waals surface area contributed by atoms with Crippen molar-refractivity contribution in [2.75, 3.05) is 24.7 Å². The zero-order valence-electron chi connectivity index (χ0n) is 9.14. The minimum Gasteiger partial charge on any atom is -0.507 e. The van der Waals surface area contributed by atoms with Gasteiger partial charge in [0.1, 0.15) is 11.4 Å². The molecule has 1 heterocycles. The van der Waals surface area contributed by atoms with Crippen molar-refractivity contribution in [3.8, 4) is 17.0 Å². The highest BCUT2D eigenvalue weighted by atomic mass is 16.5. The fourth-order valence-electron chi connectivity index (χ4n) is 1.42. The summed E-state index contributed by atoms with van der Waals surface area (Å²) in [4.78, 5) is 1.94. The molecule has 0 saturated heterocycles. The number of hydrogen-bond donors (Lipinski definition) is 2. The summed E-state index contributed by atoms with van der Waals surface area (Å²) in [6.45, 7) is 0. The predicted octanol–water partition coefficient (Wildman–Crippen LogP) is 1.70. The standard InChI is InChI=1S/C11H13N3O2/c1-14(2)7-3-4-10(15)8(5-7)9-6-11(12)16-13-9/h3-6,15H,12H2,1-2H3. The molecule has 0 unspecified atom stereocenters. The van der Waals surface area contributed by atoms with E-state index in [1.165, 1.54) is 0 Å². The molecule has 5 nitrogen and oxygen atoms in total. The SMILES string of the molecule is CN(C)c1ccc(O)c(-c2cc(N)on2)c1. The summed E-state index contributed by atoms with van der Waals surface area (Å²) in [5.41, 5.74) is 7.54. The average Bonchev–Trinajstić information content (AvgIpc) is 2.65. The lowest BCUT2D eigenvalue weighted by Gasteiger charge is -2.13. The first-order valence-corrected chi connectivity index (χ1v) is 4.81. The quantitative estimate of drug-likeness (QED) is 0.803. The maximum Gasteiger partial charge on any atom is 0.222 e. The Balaban J connectivity index is 2.51. The lowest BCUT2D eigenvalue weighted by molar-refractivity contribution is 0.437. The topological polar surface area (TPSA) is 75.5 Å². The van der Waals surface area contributed by atoms with Crippen LogP contribution in [0.15, 0.2) is 28.8 Å². The molecule has 84 valence electrons. The molecule has 2 rings (SSSR count). The van der Waals surface area contributed by atoms with Gasteiger partial charge in [-0.05, 0) is 18.2 Å². The second-order valence-electron chi connectivity index (χ2n) is 3.71. The van der Waals surface area contributed by atoms with Crippen molar-refractivity contribution in [3.05, 3.63) is 24.3 Å². The van der Waals surface area contributed by atoms with Gasteiger partial charge in [0.2, 0.25) is 5.88 Å². The normalized spacial score (nSPS) is 10.4. The summed E-state index contributed by atoms with van der Waals surface area (Å²) in [7, 11) is 3.85. The lowest BCUT2D eigenvalue weighted by atomic mass is 10.1. The van der Waals surface area contributed by atoms with E-state index in [2.05, 4.69) is 5.16 Å². The third-order valence-corrected chi connectivity index (χ3v) is 2.30. The van der Waals surface area contributed by atoms with Crippen LogP contribution in [-0.2, 0) is 0 Å². The molecule has 2 aromatic rings. The molecule has 0 spiro atoms. The molecule has 0 fully saturated rings. The van der Waals surface area contributed by atoms with E-state index in [1.54, 1.807) is 12.1 Å². The summed E-state index contributed by atoms with van der Waals surface area (Å²) < 4.78 is 4.78. The number of aromatic hydroxyl groups is 1. The Hall–Kier alpha value is -2.17. The van der Waals surface area contributed by atoms with Gasteiger partial charge in [-0.3, -0.25) is 0 Å². The van der Waals surface area contributed by atoms with Crippen molar-refractivity contribution < 1.29 is 9.63 Å². The molecule has 1 aromatic heterocycles. The van der Waals surface area contributed by atoms with Gasteiger partial charge in [-0.1, -0.05) is 5.16 Å². The van der Waals surface area contributed by atoms with E-state index in [9.17, 15) is 5.11 Å². The van der Waals surface area contributed by atoms with E-state index in [1.807, 2.05) is 31.1 Å². The van der Waals surface area contributed by atoms with Crippen molar-refractivity contribution in [1.29, 1.82) is 0 Å². The number of aromatic nitrogens is 1. The van der Waals surface area contributed by atoms with Crippen molar-refractivity contribution in [1.82, 2.24) is 5.16 Å². The number of nitrogens with two attached hydrogens (primary N) is 1. The maximum atomic E-state index is 9.74. The van der Waals surface area contributed by atoms with Gasteiger partial charge in [-0.15, -0.1) is 0 Å². The van der Waals surface area contributed by atoms with E-state index >= 15 is 0 Å². The fourth-order valence-corrected chi connectivity index (χ4v) is 1.42. The van der Waals surface area contributed by atoms with Crippen LogP contribution < -0.4 is 10.6 Å². The lowest BCUT2D eigenvalue weighted by Crippen LogP contribution is -2.08. The third kappa shape index (κ3) is 1.79. The predicted molar refractivity (Wildman–Crippen MR) is 62.3 cm³/mol. The van der Waals surface area contributed by atoms with Gasteiger partial charge in [0.25, 0.3) is 0 Å². The smallest absolute Gasteiger partial charge is 0.222 e. The number of nitrogen functional groups attached to an aromatic ring is 1. The van der Waals surface area contributed by atoms with Gasteiger partial charge >= 0.3 is 0 Å². The van der Waals surface area contributed by atoms with E-state index in [4.69, 9.17) is 10.3 Å². The minimum absolute atomic E-state index is 0.152. The third-order valence-electron chi connectivity index (χ3n) is 2.30. The van der Waals surface area contributed by atoms with Crippen molar-refractivity contribution in [2.24, 2.45) is 0 Å². The van der Waals surface area contributed by atoms with Gasteiger partial charge in [-0.2, -0.15) is 0 Å². The second-order valence-corrected chi connectivity index (χ2v) is 3.71. The van der Waals surface area contributed by atoms with Gasteiger partial charge in [0, 0.05) is 31.4 Å². The van der Waals surface area contributed by atoms with E-state index < -0.39 is 0 Å². The van der Waals surface area contributed by atoms with Crippen molar-refractivity contribution >= 4 is 11.6 Å². The Morgan fingerprint density at radius 1 is 1.31 bits per heavy atom. The first-order valence-electron chi connectivity index (χ1n) is 4.81. The van der Waals surface area contributed by atoms with Crippen LogP contribution in [0, 0.1) is 0 Å². The summed E-state index contributed by atoms with van der Waals surface area (Å²) in [5, 5.41) is 13.5.